The van der Waals surface area contributed by atoms with Crippen molar-refractivity contribution in [1.82, 2.24) is 4.98 Å². The molecule has 1 heterocycles. The van der Waals surface area contributed by atoms with Gasteiger partial charge in [0.2, 0.25) is 0 Å². The normalized spacial score (nSPS) is 13.6. The molecule has 100 valence electrons. The second-order valence-electron chi connectivity index (χ2n) is 4.56. The highest BCUT2D eigenvalue weighted by atomic mass is 32.1. The Morgan fingerprint density at radius 2 is 2.05 bits per heavy atom. The third-order valence-corrected chi connectivity index (χ3v) is 4.52. The first-order chi connectivity index (χ1) is 9.15. The Bertz CT molecular complexity index is 569. The number of hydrogen-bond acceptors (Lipinski definition) is 2. The van der Waals surface area contributed by atoms with Crippen LogP contribution in [0.1, 0.15) is 38.1 Å². The Balaban J connectivity index is 2.30. The van der Waals surface area contributed by atoms with Gasteiger partial charge in [0.05, 0.1) is 4.88 Å². The van der Waals surface area contributed by atoms with Crippen LogP contribution in [0.3, 0.4) is 0 Å². The molecule has 0 aliphatic rings. The average Bonchev–Trinajstić information content (AvgIpc) is 2.89. The number of thiazole rings is 1. The molecule has 0 radical (unpaired) electrons. The smallest absolute Gasteiger partial charge is 0.123 e. The Hall–Kier alpha value is -1.48. The molecular weight excluding hydrogens is 257 g/mol. The van der Waals surface area contributed by atoms with Gasteiger partial charge in [-0.15, -0.1) is 11.3 Å². The van der Waals surface area contributed by atoms with E-state index in [-0.39, 0.29) is 5.82 Å². The SMILES string of the molecule is C/C=C(\C)C(CC)c1ncc(-c2ccc(F)cc2)s1. The molecule has 19 heavy (non-hydrogen) atoms. The van der Waals surface area contributed by atoms with E-state index < -0.39 is 0 Å². The van der Waals surface area contributed by atoms with Crippen molar-refractivity contribution in [2.75, 3.05) is 0 Å². The lowest BCUT2D eigenvalue weighted by Gasteiger charge is -2.11. The molecule has 0 fully saturated rings. The van der Waals surface area contributed by atoms with E-state index in [0.717, 1.165) is 21.9 Å². The van der Waals surface area contributed by atoms with E-state index in [1.54, 1.807) is 23.5 Å². The molecule has 2 aromatic rings. The summed E-state index contributed by atoms with van der Waals surface area (Å²) in [5.41, 5.74) is 2.38. The summed E-state index contributed by atoms with van der Waals surface area (Å²) in [5.74, 6) is 0.189. The Morgan fingerprint density at radius 1 is 1.37 bits per heavy atom. The van der Waals surface area contributed by atoms with Crippen molar-refractivity contribution in [3.63, 3.8) is 0 Å². The predicted octanol–water partition coefficient (Wildman–Crippen LogP) is 5.41. The van der Waals surface area contributed by atoms with Crippen LogP contribution in [-0.2, 0) is 0 Å². The summed E-state index contributed by atoms with van der Waals surface area (Å²) < 4.78 is 12.9. The highest BCUT2D eigenvalue weighted by Gasteiger charge is 2.15. The van der Waals surface area contributed by atoms with Gasteiger partial charge in [-0.1, -0.05) is 30.7 Å². The van der Waals surface area contributed by atoms with Gasteiger partial charge in [-0.25, -0.2) is 9.37 Å². The van der Waals surface area contributed by atoms with E-state index in [9.17, 15) is 4.39 Å². The summed E-state index contributed by atoms with van der Waals surface area (Å²) in [6.07, 6.45) is 5.08. The monoisotopic (exact) mass is 275 g/mol. The van der Waals surface area contributed by atoms with Gasteiger partial charge in [-0.2, -0.15) is 0 Å². The van der Waals surface area contributed by atoms with Crippen LogP contribution in [0, 0.1) is 5.82 Å². The van der Waals surface area contributed by atoms with Crippen molar-refractivity contribution < 1.29 is 4.39 Å². The fourth-order valence-electron chi connectivity index (χ4n) is 2.09. The average molecular weight is 275 g/mol. The van der Waals surface area contributed by atoms with Crippen LogP contribution >= 0.6 is 11.3 Å². The lowest BCUT2D eigenvalue weighted by Crippen LogP contribution is -1.97. The largest absolute Gasteiger partial charge is 0.248 e. The van der Waals surface area contributed by atoms with Gasteiger partial charge in [0.15, 0.2) is 0 Å². The summed E-state index contributed by atoms with van der Waals surface area (Å²) in [7, 11) is 0. The molecule has 1 nitrogen and oxygen atoms in total. The number of allylic oxidation sites excluding steroid dienone is 2. The van der Waals surface area contributed by atoms with Crippen LogP contribution in [0.2, 0.25) is 0 Å². The topological polar surface area (TPSA) is 12.9 Å². The van der Waals surface area contributed by atoms with Crippen molar-refractivity contribution in [3.05, 3.63) is 52.9 Å². The molecule has 0 aliphatic heterocycles. The van der Waals surface area contributed by atoms with Crippen molar-refractivity contribution in [1.29, 1.82) is 0 Å². The predicted molar refractivity (Wildman–Crippen MR) is 80.0 cm³/mol. The van der Waals surface area contributed by atoms with E-state index >= 15 is 0 Å². The Kier molecular flexibility index (Phi) is 4.48. The maximum atomic E-state index is 12.9. The van der Waals surface area contributed by atoms with Crippen LogP contribution in [0.5, 0.6) is 0 Å². The van der Waals surface area contributed by atoms with E-state index in [2.05, 4.69) is 31.8 Å². The first-order valence-electron chi connectivity index (χ1n) is 6.50. The van der Waals surface area contributed by atoms with Crippen molar-refractivity contribution in [3.8, 4) is 10.4 Å². The lowest BCUT2D eigenvalue weighted by molar-refractivity contribution is 0.628. The zero-order valence-electron chi connectivity index (χ0n) is 11.5. The summed E-state index contributed by atoms with van der Waals surface area (Å²) in [4.78, 5) is 5.63. The number of halogens is 1. The standard InChI is InChI=1S/C16H18FNS/c1-4-11(3)14(5-2)16-18-10-15(19-16)12-6-8-13(17)9-7-12/h4,6-10,14H,5H2,1-3H3/b11-4+. The molecule has 1 aromatic heterocycles. The van der Waals surface area contributed by atoms with Gasteiger partial charge in [-0.05, 0) is 38.0 Å². The summed E-state index contributed by atoms with van der Waals surface area (Å²) in [6, 6.07) is 6.58. The molecule has 0 N–H and O–H groups in total. The number of aromatic nitrogens is 1. The van der Waals surface area contributed by atoms with Crippen molar-refractivity contribution >= 4 is 11.3 Å². The second-order valence-corrected chi connectivity index (χ2v) is 5.63. The van der Waals surface area contributed by atoms with Crippen molar-refractivity contribution in [2.24, 2.45) is 0 Å². The van der Waals surface area contributed by atoms with Crippen LogP contribution in [-0.4, -0.2) is 4.98 Å². The molecule has 0 spiro atoms. The summed E-state index contributed by atoms with van der Waals surface area (Å²) in [6.45, 7) is 6.39. The second kappa shape index (κ2) is 6.11. The minimum absolute atomic E-state index is 0.204. The molecule has 1 aromatic carbocycles. The maximum absolute atomic E-state index is 12.9. The first-order valence-corrected chi connectivity index (χ1v) is 7.31. The third kappa shape index (κ3) is 3.10. The molecule has 3 heteroatoms. The van der Waals surface area contributed by atoms with Crippen LogP contribution in [0.15, 0.2) is 42.1 Å². The van der Waals surface area contributed by atoms with Gasteiger partial charge in [0.25, 0.3) is 0 Å². The molecule has 1 unspecified atom stereocenters. The molecule has 0 saturated carbocycles. The zero-order valence-corrected chi connectivity index (χ0v) is 12.3. The molecule has 1 atom stereocenters. The molecular formula is C16H18FNS. The maximum Gasteiger partial charge on any atom is 0.123 e. The van der Waals surface area contributed by atoms with E-state index in [1.165, 1.54) is 17.7 Å². The van der Waals surface area contributed by atoms with Gasteiger partial charge in [0, 0.05) is 12.1 Å². The molecule has 2 rings (SSSR count). The van der Waals surface area contributed by atoms with Gasteiger partial charge >= 0.3 is 0 Å². The van der Waals surface area contributed by atoms with Gasteiger partial charge in [-0.3, -0.25) is 0 Å². The summed E-state index contributed by atoms with van der Waals surface area (Å²) in [5, 5.41) is 1.14. The highest BCUT2D eigenvalue weighted by molar-refractivity contribution is 7.15. The molecule has 0 aliphatic carbocycles. The highest BCUT2D eigenvalue weighted by Crippen LogP contribution is 2.34. The Morgan fingerprint density at radius 3 is 2.63 bits per heavy atom. The van der Waals surface area contributed by atoms with E-state index in [1.807, 2.05) is 6.20 Å². The fraction of sp³-hybridized carbons (Fsp3) is 0.312. The lowest BCUT2D eigenvalue weighted by atomic mass is 9.98. The fourth-order valence-corrected chi connectivity index (χ4v) is 3.27. The van der Waals surface area contributed by atoms with Crippen molar-refractivity contribution in [2.45, 2.75) is 33.1 Å². The zero-order chi connectivity index (χ0) is 13.8. The molecule has 0 saturated heterocycles. The number of benzene rings is 1. The first kappa shape index (κ1) is 13.9. The van der Waals surface area contributed by atoms with Crippen LogP contribution in [0.25, 0.3) is 10.4 Å². The number of rotatable bonds is 4. The third-order valence-electron chi connectivity index (χ3n) is 3.36. The quantitative estimate of drug-likeness (QED) is 0.680. The molecule has 0 bridgehead atoms. The van der Waals surface area contributed by atoms with Crippen LogP contribution in [0.4, 0.5) is 4.39 Å². The molecule has 0 amide bonds. The Labute approximate surface area is 117 Å². The van der Waals surface area contributed by atoms with Gasteiger partial charge in [0.1, 0.15) is 10.8 Å². The number of hydrogen-bond donors (Lipinski definition) is 0. The summed E-state index contributed by atoms with van der Waals surface area (Å²) >= 11 is 1.69. The number of nitrogens with zero attached hydrogens (tertiary/aromatic N) is 1. The minimum atomic E-state index is -0.204. The minimum Gasteiger partial charge on any atom is -0.248 e. The van der Waals surface area contributed by atoms with E-state index in [4.69, 9.17) is 0 Å². The van der Waals surface area contributed by atoms with Crippen LogP contribution < -0.4 is 0 Å². The van der Waals surface area contributed by atoms with E-state index in [0.29, 0.717) is 5.92 Å². The van der Waals surface area contributed by atoms with Gasteiger partial charge < -0.3 is 0 Å².